The van der Waals surface area contributed by atoms with Crippen LogP contribution in [-0.4, -0.2) is 22.5 Å². The summed E-state index contributed by atoms with van der Waals surface area (Å²) in [6, 6.07) is 6.04. The van der Waals surface area contributed by atoms with Crippen LogP contribution in [0, 0.1) is 6.92 Å². The number of nitrogens with zero attached hydrogens (tertiary/aromatic N) is 1. The summed E-state index contributed by atoms with van der Waals surface area (Å²) in [5, 5.41) is 7.90. The van der Waals surface area contributed by atoms with Gasteiger partial charge in [0.1, 0.15) is 5.00 Å². The lowest BCUT2D eigenvalue weighted by Gasteiger charge is -2.09. The quantitative estimate of drug-likeness (QED) is 0.642. The van der Waals surface area contributed by atoms with Crippen LogP contribution in [-0.2, 0) is 6.42 Å². The number of urea groups is 1. The van der Waals surface area contributed by atoms with E-state index in [1.807, 2.05) is 12.3 Å². The molecular formula is C18H22N4OS. The third-order valence-electron chi connectivity index (χ3n) is 4.04. The summed E-state index contributed by atoms with van der Waals surface area (Å²) >= 11 is 1.45. The monoisotopic (exact) mass is 342 g/mol. The van der Waals surface area contributed by atoms with Crippen molar-refractivity contribution < 1.29 is 4.79 Å². The van der Waals surface area contributed by atoms with Gasteiger partial charge in [0.15, 0.2) is 0 Å². The third-order valence-corrected chi connectivity index (χ3v) is 4.80. The van der Waals surface area contributed by atoms with Gasteiger partial charge in [-0.1, -0.05) is 26.0 Å². The van der Waals surface area contributed by atoms with E-state index in [0.717, 1.165) is 22.6 Å². The fraction of sp³-hybridized carbons (Fsp3) is 0.333. The maximum absolute atomic E-state index is 12.1. The van der Waals surface area contributed by atoms with E-state index in [2.05, 4.69) is 53.5 Å². The van der Waals surface area contributed by atoms with Gasteiger partial charge in [0, 0.05) is 23.6 Å². The van der Waals surface area contributed by atoms with Crippen LogP contribution in [0.1, 0.15) is 36.6 Å². The highest BCUT2D eigenvalue weighted by Crippen LogP contribution is 2.26. The fourth-order valence-corrected chi connectivity index (χ4v) is 3.70. The number of thiazole rings is 1. The Morgan fingerprint density at radius 2 is 2.21 bits per heavy atom. The van der Waals surface area contributed by atoms with E-state index in [0.29, 0.717) is 12.5 Å². The standard InChI is InChI=1S/C18H22N4OS/c1-11(2)16-17(24-10-21-16)22-18(23)19-8-7-13-9-20-14-6-4-5-12(3)15(13)14/h4-6,9-11,20H,7-8H2,1-3H3,(H2,19,22,23). The number of carbonyl (C=O) groups is 1. The Bertz CT molecular complexity index is 850. The first kappa shape index (κ1) is 16.5. The van der Waals surface area contributed by atoms with Gasteiger partial charge in [0.25, 0.3) is 0 Å². The van der Waals surface area contributed by atoms with Crippen LogP contribution in [0.15, 0.2) is 29.9 Å². The van der Waals surface area contributed by atoms with Gasteiger partial charge < -0.3 is 10.3 Å². The van der Waals surface area contributed by atoms with Crippen molar-refractivity contribution in [3.05, 3.63) is 46.7 Å². The molecule has 0 saturated heterocycles. The number of amides is 2. The minimum Gasteiger partial charge on any atom is -0.361 e. The molecule has 0 bridgehead atoms. The molecule has 2 aromatic heterocycles. The molecule has 0 saturated carbocycles. The van der Waals surface area contributed by atoms with Gasteiger partial charge in [-0.3, -0.25) is 5.32 Å². The van der Waals surface area contributed by atoms with E-state index in [1.54, 1.807) is 5.51 Å². The average molecular weight is 342 g/mol. The smallest absolute Gasteiger partial charge is 0.319 e. The molecule has 0 fully saturated rings. The van der Waals surface area contributed by atoms with Crippen molar-refractivity contribution in [2.45, 2.75) is 33.1 Å². The van der Waals surface area contributed by atoms with Crippen LogP contribution in [0.3, 0.4) is 0 Å². The van der Waals surface area contributed by atoms with Crippen LogP contribution < -0.4 is 10.6 Å². The van der Waals surface area contributed by atoms with Crippen molar-refractivity contribution in [3.8, 4) is 0 Å². The van der Waals surface area contributed by atoms with Crippen molar-refractivity contribution in [3.63, 3.8) is 0 Å². The van der Waals surface area contributed by atoms with Gasteiger partial charge in [0.05, 0.1) is 11.2 Å². The molecule has 2 heterocycles. The van der Waals surface area contributed by atoms with E-state index in [1.165, 1.54) is 27.8 Å². The van der Waals surface area contributed by atoms with Crippen LogP contribution >= 0.6 is 11.3 Å². The van der Waals surface area contributed by atoms with Crippen LogP contribution in [0.4, 0.5) is 9.80 Å². The molecule has 24 heavy (non-hydrogen) atoms. The second kappa shape index (κ2) is 7.05. The molecule has 3 aromatic rings. The van der Waals surface area contributed by atoms with Crippen molar-refractivity contribution in [1.82, 2.24) is 15.3 Å². The lowest BCUT2D eigenvalue weighted by Crippen LogP contribution is -2.30. The molecule has 0 atom stereocenters. The summed E-state index contributed by atoms with van der Waals surface area (Å²) in [5.74, 6) is 0.292. The molecule has 126 valence electrons. The van der Waals surface area contributed by atoms with E-state index in [9.17, 15) is 4.79 Å². The van der Waals surface area contributed by atoms with Gasteiger partial charge in [-0.2, -0.15) is 0 Å². The maximum atomic E-state index is 12.1. The molecule has 2 amide bonds. The van der Waals surface area contributed by atoms with Crippen LogP contribution in [0.5, 0.6) is 0 Å². The zero-order chi connectivity index (χ0) is 17.1. The second-order valence-corrected chi connectivity index (χ2v) is 7.02. The minimum absolute atomic E-state index is 0.183. The Kier molecular flexibility index (Phi) is 4.85. The molecule has 5 nitrogen and oxygen atoms in total. The number of benzene rings is 1. The third kappa shape index (κ3) is 3.43. The minimum atomic E-state index is -0.183. The fourth-order valence-electron chi connectivity index (χ4n) is 2.87. The van der Waals surface area contributed by atoms with Gasteiger partial charge in [-0.25, -0.2) is 9.78 Å². The highest BCUT2D eigenvalue weighted by Gasteiger charge is 2.12. The summed E-state index contributed by atoms with van der Waals surface area (Å²) in [4.78, 5) is 19.7. The number of hydrogen-bond acceptors (Lipinski definition) is 3. The molecule has 0 aliphatic heterocycles. The Labute approximate surface area is 145 Å². The first-order valence-corrected chi connectivity index (χ1v) is 8.98. The van der Waals surface area contributed by atoms with E-state index < -0.39 is 0 Å². The number of aromatic amines is 1. The number of rotatable bonds is 5. The summed E-state index contributed by atoms with van der Waals surface area (Å²) in [5.41, 5.74) is 6.31. The average Bonchev–Trinajstić information content (AvgIpc) is 3.15. The van der Waals surface area contributed by atoms with Gasteiger partial charge in [-0.15, -0.1) is 11.3 Å². The summed E-state index contributed by atoms with van der Waals surface area (Å²) in [6.07, 6.45) is 2.81. The zero-order valence-electron chi connectivity index (χ0n) is 14.1. The maximum Gasteiger partial charge on any atom is 0.319 e. The number of aryl methyl sites for hydroxylation is 1. The van der Waals surface area contributed by atoms with Crippen molar-refractivity contribution in [2.75, 3.05) is 11.9 Å². The molecular weight excluding hydrogens is 320 g/mol. The van der Waals surface area contributed by atoms with Crippen molar-refractivity contribution in [2.24, 2.45) is 0 Å². The normalized spacial score (nSPS) is 11.2. The number of carbonyl (C=O) groups excluding carboxylic acids is 1. The molecule has 6 heteroatoms. The molecule has 3 N–H and O–H groups in total. The lowest BCUT2D eigenvalue weighted by atomic mass is 10.1. The number of H-pyrrole nitrogens is 1. The largest absolute Gasteiger partial charge is 0.361 e. The Morgan fingerprint density at radius 1 is 1.38 bits per heavy atom. The molecule has 1 aromatic carbocycles. The zero-order valence-corrected chi connectivity index (χ0v) is 15.0. The second-order valence-electron chi connectivity index (χ2n) is 6.16. The predicted octanol–water partition coefficient (Wildman–Crippen LogP) is 4.42. The molecule has 0 unspecified atom stereocenters. The van der Waals surface area contributed by atoms with E-state index >= 15 is 0 Å². The molecule has 0 aliphatic rings. The van der Waals surface area contributed by atoms with Crippen molar-refractivity contribution >= 4 is 33.3 Å². The number of aromatic nitrogens is 2. The number of hydrogen-bond donors (Lipinski definition) is 3. The molecule has 3 rings (SSSR count). The summed E-state index contributed by atoms with van der Waals surface area (Å²) in [7, 11) is 0. The van der Waals surface area contributed by atoms with Gasteiger partial charge >= 0.3 is 6.03 Å². The Balaban J connectivity index is 1.58. The highest BCUT2D eigenvalue weighted by molar-refractivity contribution is 7.14. The summed E-state index contributed by atoms with van der Waals surface area (Å²) < 4.78 is 0. The van der Waals surface area contributed by atoms with E-state index in [-0.39, 0.29) is 6.03 Å². The number of nitrogens with one attached hydrogen (secondary N) is 3. The molecule has 0 spiro atoms. The first-order chi connectivity index (χ1) is 11.6. The highest BCUT2D eigenvalue weighted by atomic mass is 32.1. The van der Waals surface area contributed by atoms with Crippen molar-refractivity contribution in [1.29, 1.82) is 0 Å². The van der Waals surface area contributed by atoms with E-state index in [4.69, 9.17) is 0 Å². The van der Waals surface area contributed by atoms with Crippen LogP contribution in [0.25, 0.3) is 10.9 Å². The molecule has 0 radical (unpaired) electrons. The van der Waals surface area contributed by atoms with Crippen LogP contribution in [0.2, 0.25) is 0 Å². The number of anilines is 1. The first-order valence-electron chi connectivity index (χ1n) is 8.10. The summed E-state index contributed by atoms with van der Waals surface area (Å²) in [6.45, 7) is 6.83. The van der Waals surface area contributed by atoms with Gasteiger partial charge in [-0.05, 0) is 36.5 Å². The topological polar surface area (TPSA) is 69.8 Å². The number of fused-ring (bicyclic) bond motifs is 1. The lowest BCUT2D eigenvalue weighted by molar-refractivity contribution is 0.252. The SMILES string of the molecule is Cc1cccc2[nH]cc(CCNC(=O)Nc3scnc3C(C)C)c12. The Hall–Kier alpha value is -2.34. The molecule has 0 aliphatic carbocycles. The van der Waals surface area contributed by atoms with Gasteiger partial charge in [0.2, 0.25) is 0 Å². The Morgan fingerprint density at radius 3 is 3.00 bits per heavy atom. The predicted molar refractivity (Wildman–Crippen MR) is 100.0 cm³/mol.